The maximum absolute atomic E-state index is 10.8. The Balaban J connectivity index is 2.35. The minimum atomic E-state index is -0.750. The van der Waals surface area contributed by atoms with E-state index in [9.17, 15) is 4.79 Å². The van der Waals surface area contributed by atoms with Crippen molar-refractivity contribution in [3.63, 3.8) is 0 Å². The van der Waals surface area contributed by atoms with Crippen molar-refractivity contribution in [2.45, 2.75) is 39.0 Å². The maximum atomic E-state index is 10.8. The predicted molar refractivity (Wildman–Crippen MR) is 53.7 cm³/mol. The molecule has 1 aliphatic rings. The quantitative estimate of drug-likeness (QED) is 0.810. The van der Waals surface area contributed by atoms with Crippen molar-refractivity contribution in [2.24, 2.45) is 5.92 Å². The molecule has 1 aromatic heterocycles. The van der Waals surface area contributed by atoms with Crippen LogP contribution < -0.4 is 0 Å². The predicted octanol–water partition coefficient (Wildman–Crippen LogP) is 2.12. The molecule has 4 nitrogen and oxygen atoms in total. The second kappa shape index (κ2) is 3.68. The lowest BCUT2D eigenvalue weighted by molar-refractivity contribution is -0.137. The molecule has 1 heterocycles. The Kier molecular flexibility index (Phi) is 2.50. The summed E-state index contributed by atoms with van der Waals surface area (Å²) in [5.41, 5.74) is 1.89. The summed E-state index contributed by atoms with van der Waals surface area (Å²) in [5.74, 6) is 0.598. The van der Waals surface area contributed by atoms with Crippen LogP contribution >= 0.6 is 0 Å². The van der Waals surface area contributed by atoms with E-state index in [0.717, 1.165) is 29.9 Å². The van der Waals surface area contributed by atoms with Crippen molar-refractivity contribution in [1.29, 1.82) is 0 Å². The first kappa shape index (κ1) is 10.2. The number of carboxylic acid groups (broad SMARTS) is 1. The first-order valence-corrected chi connectivity index (χ1v) is 5.26. The normalized spacial score (nSPS) is 24.9. The first-order chi connectivity index (χ1) is 7.09. The summed E-state index contributed by atoms with van der Waals surface area (Å²) >= 11 is 0. The highest BCUT2D eigenvalue weighted by molar-refractivity contribution is 5.68. The molecule has 0 aliphatic heterocycles. The van der Waals surface area contributed by atoms with Gasteiger partial charge in [-0.3, -0.25) is 4.79 Å². The standard InChI is InChI=1S/C11H15NO3/c1-6-3-4-9-11(7(2)12-15-9)8(6)5-10(13)14/h6,8H,3-5H2,1-2H3,(H,13,14). The van der Waals surface area contributed by atoms with Gasteiger partial charge in [0.25, 0.3) is 0 Å². The maximum Gasteiger partial charge on any atom is 0.303 e. The highest BCUT2D eigenvalue weighted by atomic mass is 16.5. The Morgan fingerprint density at radius 1 is 1.67 bits per heavy atom. The average Bonchev–Trinajstić information content (AvgIpc) is 2.52. The third-order valence-corrected chi connectivity index (χ3v) is 3.26. The van der Waals surface area contributed by atoms with E-state index in [2.05, 4.69) is 12.1 Å². The molecule has 0 aromatic carbocycles. The van der Waals surface area contributed by atoms with Crippen molar-refractivity contribution in [3.05, 3.63) is 17.0 Å². The van der Waals surface area contributed by atoms with Gasteiger partial charge in [-0.25, -0.2) is 0 Å². The first-order valence-electron chi connectivity index (χ1n) is 5.26. The molecular formula is C11H15NO3. The van der Waals surface area contributed by atoms with Crippen molar-refractivity contribution in [2.75, 3.05) is 0 Å². The Morgan fingerprint density at radius 3 is 3.07 bits per heavy atom. The van der Waals surface area contributed by atoms with Gasteiger partial charge in [0.2, 0.25) is 0 Å². The minimum absolute atomic E-state index is 0.0671. The lowest BCUT2D eigenvalue weighted by Crippen LogP contribution is -2.20. The fourth-order valence-corrected chi connectivity index (χ4v) is 2.41. The molecule has 0 fully saturated rings. The number of carbonyl (C=O) groups is 1. The Labute approximate surface area is 88.3 Å². The summed E-state index contributed by atoms with van der Waals surface area (Å²) in [4.78, 5) is 10.8. The second-order valence-electron chi connectivity index (χ2n) is 4.33. The summed E-state index contributed by atoms with van der Waals surface area (Å²) in [7, 11) is 0. The molecular weight excluding hydrogens is 194 g/mol. The molecule has 0 saturated heterocycles. The van der Waals surface area contributed by atoms with Crippen LogP contribution in [-0.4, -0.2) is 16.2 Å². The topological polar surface area (TPSA) is 63.3 Å². The van der Waals surface area contributed by atoms with E-state index >= 15 is 0 Å². The van der Waals surface area contributed by atoms with Gasteiger partial charge in [-0.2, -0.15) is 0 Å². The molecule has 1 aromatic rings. The molecule has 2 unspecified atom stereocenters. The van der Waals surface area contributed by atoms with Crippen LogP contribution in [0.25, 0.3) is 0 Å². The van der Waals surface area contributed by atoms with Crippen molar-refractivity contribution in [3.8, 4) is 0 Å². The number of rotatable bonds is 2. The molecule has 4 heteroatoms. The van der Waals surface area contributed by atoms with Crippen molar-refractivity contribution in [1.82, 2.24) is 5.16 Å². The van der Waals surface area contributed by atoms with E-state index in [-0.39, 0.29) is 12.3 Å². The van der Waals surface area contributed by atoms with Crippen LogP contribution in [0.4, 0.5) is 0 Å². The molecule has 0 saturated carbocycles. The van der Waals surface area contributed by atoms with E-state index < -0.39 is 5.97 Å². The number of aliphatic carboxylic acids is 1. The zero-order chi connectivity index (χ0) is 11.0. The Bertz CT molecular complexity index is 383. The molecule has 1 aliphatic carbocycles. The van der Waals surface area contributed by atoms with Gasteiger partial charge in [0, 0.05) is 17.9 Å². The van der Waals surface area contributed by atoms with Crippen LogP contribution in [-0.2, 0) is 11.2 Å². The fourth-order valence-electron chi connectivity index (χ4n) is 2.41. The van der Waals surface area contributed by atoms with Gasteiger partial charge in [0.15, 0.2) is 0 Å². The summed E-state index contributed by atoms with van der Waals surface area (Å²) < 4.78 is 5.20. The summed E-state index contributed by atoms with van der Waals surface area (Å²) in [6.45, 7) is 3.98. The van der Waals surface area contributed by atoms with Crippen LogP contribution in [0.2, 0.25) is 0 Å². The smallest absolute Gasteiger partial charge is 0.303 e. The largest absolute Gasteiger partial charge is 0.481 e. The van der Waals surface area contributed by atoms with E-state index in [1.165, 1.54) is 0 Å². The van der Waals surface area contributed by atoms with Gasteiger partial charge in [-0.05, 0) is 19.3 Å². The van der Waals surface area contributed by atoms with E-state index in [0.29, 0.717) is 5.92 Å². The molecule has 82 valence electrons. The zero-order valence-corrected chi connectivity index (χ0v) is 8.99. The highest BCUT2D eigenvalue weighted by Crippen LogP contribution is 2.39. The SMILES string of the molecule is Cc1noc2c1C(CC(=O)O)C(C)CC2. The Morgan fingerprint density at radius 2 is 2.40 bits per heavy atom. The molecule has 2 atom stereocenters. The van der Waals surface area contributed by atoms with Gasteiger partial charge in [0.05, 0.1) is 12.1 Å². The van der Waals surface area contributed by atoms with Crippen LogP contribution in [0.5, 0.6) is 0 Å². The number of nitrogens with zero attached hydrogens (tertiary/aromatic N) is 1. The second-order valence-corrected chi connectivity index (χ2v) is 4.33. The molecule has 0 amide bonds. The Hall–Kier alpha value is -1.32. The summed E-state index contributed by atoms with van der Waals surface area (Å²) in [5, 5.41) is 12.8. The van der Waals surface area contributed by atoms with E-state index in [1.54, 1.807) is 0 Å². The van der Waals surface area contributed by atoms with Gasteiger partial charge in [-0.1, -0.05) is 12.1 Å². The third-order valence-electron chi connectivity index (χ3n) is 3.26. The number of aromatic nitrogens is 1. The minimum Gasteiger partial charge on any atom is -0.481 e. The molecule has 0 spiro atoms. The third kappa shape index (κ3) is 1.76. The number of hydrogen-bond donors (Lipinski definition) is 1. The van der Waals surface area contributed by atoms with Crippen LogP contribution in [0.15, 0.2) is 4.52 Å². The summed E-state index contributed by atoms with van der Waals surface area (Å²) in [6, 6.07) is 0. The number of carboxylic acids is 1. The molecule has 1 N–H and O–H groups in total. The van der Waals surface area contributed by atoms with Gasteiger partial charge >= 0.3 is 5.97 Å². The van der Waals surface area contributed by atoms with E-state index in [1.807, 2.05) is 6.92 Å². The summed E-state index contributed by atoms with van der Waals surface area (Å²) in [6.07, 6.45) is 2.04. The monoisotopic (exact) mass is 209 g/mol. The van der Waals surface area contributed by atoms with Crippen molar-refractivity contribution < 1.29 is 14.4 Å². The average molecular weight is 209 g/mol. The number of aryl methyl sites for hydroxylation is 2. The van der Waals surface area contributed by atoms with Crippen LogP contribution in [0.3, 0.4) is 0 Å². The van der Waals surface area contributed by atoms with Gasteiger partial charge < -0.3 is 9.63 Å². The molecule has 2 rings (SSSR count). The number of fused-ring (bicyclic) bond motifs is 1. The van der Waals surface area contributed by atoms with Crippen LogP contribution in [0.1, 0.15) is 42.7 Å². The molecule has 15 heavy (non-hydrogen) atoms. The van der Waals surface area contributed by atoms with Gasteiger partial charge in [0.1, 0.15) is 5.76 Å². The van der Waals surface area contributed by atoms with Gasteiger partial charge in [-0.15, -0.1) is 0 Å². The van der Waals surface area contributed by atoms with Crippen molar-refractivity contribution >= 4 is 5.97 Å². The fraction of sp³-hybridized carbons (Fsp3) is 0.636. The van der Waals surface area contributed by atoms with E-state index in [4.69, 9.17) is 9.63 Å². The lowest BCUT2D eigenvalue weighted by Gasteiger charge is -2.26. The lowest BCUT2D eigenvalue weighted by atomic mass is 9.76. The molecule has 0 bridgehead atoms. The zero-order valence-electron chi connectivity index (χ0n) is 8.99. The van der Waals surface area contributed by atoms with Crippen LogP contribution in [0, 0.1) is 12.8 Å². The highest BCUT2D eigenvalue weighted by Gasteiger charge is 2.32. The molecule has 0 radical (unpaired) electrons. The number of hydrogen-bond acceptors (Lipinski definition) is 3.